The third-order valence-electron chi connectivity index (χ3n) is 5.99. The van der Waals surface area contributed by atoms with Crippen molar-refractivity contribution in [1.29, 1.82) is 0 Å². The molecular formula is C25H25ClF3N5O4. The number of carboxylic acid groups (broad SMARTS) is 1. The quantitative estimate of drug-likeness (QED) is 0.358. The summed E-state index contributed by atoms with van der Waals surface area (Å²) in [6, 6.07) is 12.4. The molecule has 4 N–H and O–H groups in total. The van der Waals surface area contributed by atoms with Gasteiger partial charge in [0.05, 0.1) is 18.4 Å². The lowest BCUT2D eigenvalue weighted by atomic mass is 10.0. The van der Waals surface area contributed by atoms with Crippen LogP contribution in [0.4, 0.5) is 30.6 Å². The summed E-state index contributed by atoms with van der Waals surface area (Å²) in [7, 11) is 1.54. The first-order chi connectivity index (χ1) is 17.6. The van der Waals surface area contributed by atoms with Gasteiger partial charge in [-0.25, -0.2) is 14.8 Å². The number of ether oxygens (including phenoxy) is 1. The van der Waals surface area contributed by atoms with Gasteiger partial charge in [0.15, 0.2) is 0 Å². The molecule has 13 heteroatoms. The SMILES string of the molecule is COc1ccccc1-c1ccc(C(=O)O)c(N2CCCC(Nc3ccc(C(=O)C(F)(F)F)c(N)n3)C2)n1.Cl. The number of pyridine rings is 2. The third-order valence-corrected chi connectivity index (χ3v) is 5.99. The lowest BCUT2D eigenvalue weighted by Crippen LogP contribution is -2.43. The Bertz CT molecular complexity index is 1340. The van der Waals surface area contributed by atoms with E-state index in [4.69, 9.17) is 10.5 Å². The minimum absolute atomic E-state index is 0. The number of carbonyl (C=O) groups excluding carboxylic acids is 1. The maximum absolute atomic E-state index is 12.8. The number of anilines is 3. The monoisotopic (exact) mass is 551 g/mol. The Balaban J connectivity index is 0.00000400. The van der Waals surface area contributed by atoms with E-state index in [1.165, 1.54) is 12.1 Å². The van der Waals surface area contributed by atoms with Gasteiger partial charge < -0.3 is 25.8 Å². The Labute approximate surface area is 222 Å². The minimum Gasteiger partial charge on any atom is -0.496 e. The number of rotatable bonds is 7. The van der Waals surface area contributed by atoms with E-state index in [0.29, 0.717) is 48.8 Å². The van der Waals surface area contributed by atoms with Crippen LogP contribution in [0.15, 0.2) is 48.5 Å². The van der Waals surface area contributed by atoms with Crippen LogP contribution in [0.1, 0.15) is 33.6 Å². The normalized spacial score (nSPS) is 15.4. The summed E-state index contributed by atoms with van der Waals surface area (Å²) >= 11 is 0. The van der Waals surface area contributed by atoms with Crippen LogP contribution in [0, 0.1) is 0 Å². The molecule has 1 aliphatic rings. The van der Waals surface area contributed by atoms with Crippen molar-refractivity contribution in [1.82, 2.24) is 9.97 Å². The van der Waals surface area contributed by atoms with E-state index in [0.717, 1.165) is 6.07 Å². The number of piperidine rings is 1. The van der Waals surface area contributed by atoms with Gasteiger partial charge in [0.2, 0.25) is 0 Å². The second-order valence-electron chi connectivity index (χ2n) is 8.46. The number of aromatic carboxylic acids is 1. The van der Waals surface area contributed by atoms with Crippen molar-refractivity contribution in [3.63, 3.8) is 0 Å². The summed E-state index contributed by atoms with van der Waals surface area (Å²) in [6.45, 7) is 0.906. The van der Waals surface area contributed by atoms with E-state index in [1.807, 2.05) is 23.1 Å². The zero-order valence-corrected chi connectivity index (χ0v) is 21.0. The second kappa shape index (κ2) is 11.5. The predicted molar refractivity (Wildman–Crippen MR) is 138 cm³/mol. The molecular weight excluding hydrogens is 527 g/mol. The number of hydrogen-bond donors (Lipinski definition) is 3. The summed E-state index contributed by atoms with van der Waals surface area (Å²) in [6.07, 6.45) is -3.67. The number of nitrogens with two attached hydrogens (primary N) is 1. The number of hydrogen-bond acceptors (Lipinski definition) is 8. The van der Waals surface area contributed by atoms with E-state index in [9.17, 15) is 27.9 Å². The summed E-state index contributed by atoms with van der Waals surface area (Å²) in [5, 5.41) is 12.9. The molecule has 4 rings (SSSR count). The number of para-hydroxylation sites is 1. The summed E-state index contributed by atoms with van der Waals surface area (Å²) in [4.78, 5) is 33.9. The minimum atomic E-state index is -5.05. The second-order valence-corrected chi connectivity index (χ2v) is 8.46. The number of carboxylic acids is 1. The highest BCUT2D eigenvalue weighted by Gasteiger charge is 2.40. The number of ketones is 1. The fourth-order valence-corrected chi connectivity index (χ4v) is 4.26. The van der Waals surface area contributed by atoms with Crippen LogP contribution in [-0.2, 0) is 0 Å². The number of methoxy groups -OCH3 is 1. The van der Waals surface area contributed by atoms with Gasteiger partial charge in [-0.2, -0.15) is 13.2 Å². The fraction of sp³-hybridized carbons (Fsp3) is 0.280. The number of nitrogens with one attached hydrogen (secondary N) is 1. The average Bonchev–Trinajstić information content (AvgIpc) is 2.87. The van der Waals surface area contributed by atoms with Crippen molar-refractivity contribution in [2.75, 3.05) is 36.1 Å². The van der Waals surface area contributed by atoms with Crippen LogP contribution in [0.5, 0.6) is 5.75 Å². The fourth-order valence-electron chi connectivity index (χ4n) is 4.26. The summed E-state index contributed by atoms with van der Waals surface area (Å²) < 4.78 is 43.7. The maximum Gasteiger partial charge on any atom is 0.455 e. The first-order valence-corrected chi connectivity index (χ1v) is 11.4. The van der Waals surface area contributed by atoms with Crippen LogP contribution in [0.2, 0.25) is 0 Å². The van der Waals surface area contributed by atoms with Gasteiger partial charge in [0, 0.05) is 24.7 Å². The third kappa shape index (κ3) is 6.08. The molecule has 1 atom stereocenters. The molecule has 2 aromatic heterocycles. The zero-order valence-electron chi connectivity index (χ0n) is 20.2. The maximum atomic E-state index is 12.8. The smallest absolute Gasteiger partial charge is 0.455 e. The molecule has 1 unspecified atom stereocenters. The van der Waals surface area contributed by atoms with Crippen LogP contribution < -0.4 is 20.7 Å². The number of halogens is 4. The molecule has 202 valence electrons. The number of carbonyl (C=O) groups is 2. The molecule has 1 saturated heterocycles. The highest BCUT2D eigenvalue weighted by Crippen LogP contribution is 2.32. The molecule has 38 heavy (non-hydrogen) atoms. The van der Waals surface area contributed by atoms with Crippen LogP contribution >= 0.6 is 12.4 Å². The van der Waals surface area contributed by atoms with Gasteiger partial charge in [-0.15, -0.1) is 12.4 Å². The molecule has 0 spiro atoms. The van der Waals surface area contributed by atoms with Crippen molar-refractivity contribution in [2.45, 2.75) is 25.1 Å². The van der Waals surface area contributed by atoms with Crippen LogP contribution in [-0.4, -0.2) is 59.2 Å². The number of nitrogens with zero attached hydrogens (tertiary/aromatic N) is 3. The lowest BCUT2D eigenvalue weighted by Gasteiger charge is -2.35. The van der Waals surface area contributed by atoms with Crippen molar-refractivity contribution in [3.8, 4) is 17.0 Å². The van der Waals surface area contributed by atoms with Gasteiger partial charge >= 0.3 is 12.1 Å². The number of benzene rings is 1. The Kier molecular flexibility index (Phi) is 8.67. The molecule has 0 radical (unpaired) electrons. The number of Topliss-reactive ketones (excluding diaryl/α,β-unsaturated/α-hetero) is 1. The standard InChI is InChI=1S/C25H24F3N5O4.ClH/c1-37-19-7-3-2-6-15(19)18-10-8-17(24(35)36)23(31-18)33-12-4-5-14(13-33)30-20-11-9-16(22(29)32-20)21(34)25(26,27)28;/h2-3,6-11,14H,4-5,12-13H2,1H3,(H,35,36)(H3,29,30,32);1H. The number of aromatic nitrogens is 2. The van der Waals surface area contributed by atoms with Gasteiger partial charge in [-0.05, 0) is 49.2 Å². The van der Waals surface area contributed by atoms with E-state index in [2.05, 4.69) is 15.3 Å². The number of alkyl halides is 3. The van der Waals surface area contributed by atoms with E-state index < -0.39 is 29.3 Å². The highest BCUT2D eigenvalue weighted by molar-refractivity contribution is 6.03. The predicted octanol–water partition coefficient (Wildman–Crippen LogP) is 4.68. The Morgan fingerprint density at radius 3 is 2.47 bits per heavy atom. The van der Waals surface area contributed by atoms with Gasteiger partial charge in [0.1, 0.15) is 28.8 Å². The van der Waals surface area contributed by atoms with E-state index >= 15 is 0 Å². The van der Waals surface area contributed by atoms with Gasteiger partial charge in [0.25, 0.3) is 5.78 Å². The van der Waals surface area contributed by atoms with E-state index in [1.54, 1.807) is 19.2 Å². The Hall–Kier alpha value is -4.06. The molecule has 0 saturated carbocycles. The Morgan fingerprint density at radius 2 is 1.82 bits per heavy atom. The van der Waals surface area contributed by atoms with E-state index in [-0.39, 0.29) is 29.8 Å². The molecule has 1 aliphatic heterocycles. The molecule has 3 aromatic rings. The topological polar surface area (TPSA) is 131 Å². The largest absolute Gasteiger partial charge is 0.496 e. The molecule has 9 nitrogen and oxygen atoms in total. The molecule has 0 amide bonds. The Morgan fingerprint density at radius 1 is 1.11 bits per heavy atom. The molecule has 0 bridgehead atoms. The molecule has 1 aromatic carbocycles. The summed E-state index contributed by atoms with van der Waals surface area (Å²) in [5.74, 6) is -2.62. The van der Waals surface area contributed by atoms with Crippen molar-refractivity contribution in [3.05, 3.63) is 59.7 Å². The van der Waals surface area contributed by atoms with Crippen molar-refractivity contribution < 1.29 is 32.6 Å². The van der Waals surface area contributed by atoms with Crippen molar-refractivity contribution >= 4 is 41.6 Å². The average molecular weight is 552 g/mol. The van der Waals surface area contributed by atoms with Gasteiger partial charge in [-0.3, -0.25) is 4.79 Å². The lowest BCUT2D eigenvalue weighted by molar-refractivity contribution is -0.0884. The number of nitrogen functional groups attached to an aromatic ring is 1. The van der Waals surface area contributed by atoms with Crippen LogP contribution in [0.3, 0.4) is 0 Å². The van der Waals surface area contributed by atoms with Crippen LogP contribution in [0.25, 0.3) is 11.3 Å². The zero-order chi connectivity index (χ0) is 26.7. The highest BCUT2D eigenvalue weighted by atomic mass is 35.5. The molecule has 0 aliphatic carbocycles. The molecule has 3 heterocycles. The first kappa shape index (κ1) is 28.5. The first-order valence-electron chi connectivity index (χ1n) is 11.4. The summed E-state index contributed by atoms with van der Waals surface area (Å²) in [5.41, 5.74) is 6.21. The van der Waals surface area contributed by atoms with Gasteiger partial charge in [-0.1, -0.05) is 12.1 Å². The molecule has 1 fully saturated rings. The van der Waals surface area contributed by atoms with Crippen molar-refractivity contribution in [2.24, 2.45) is 0 Å².